The van der Waals surface area contributed by atoms with E-state index < -0.39 is 23.6 Å². The molecular weight excluding hydrogens is 436 g/mol. The fourth-order valence-electron chi connectivity index (χ4n) is 5.45. The summed E-state index contributed by atoms with van der Waals surface area (Å²) in [4.78, 5) is 19.8. The summed E-state index contributed by atoms with van der Waals surface area (Å²) in [6.07, 6.45) is -1.66. The van der Waals surface area contributed by atoms with E-state index in [0.717, 1.165) is 64.6 Å². The monoisotopic (exact) mass is 470 g/mol. The summed E-state index contributed by atoms with van der Waals surface area (Å²) < 4.78 is 52.9. The number of carbonyl (C=O) groups excluding carboxylic acids is 1. The summed E-state index contributed by atoms with van der Waals surface area (Å²) in [5.41, 5.74) is -1.40. The van der Waals surface area contributed by atoms with Gasteiger partial charge in [0.15, 0.2) is 0 Å². The molecule has 3 fully saturated rings. The number of nitrogens with zero attached hydrogens (tertiary/aromatic N) is 3. The van der Waals surface area contributed by atoms with Crippen LogP contribution in [0.5, 0.6) is 0 Å². The summed E-state index contributed by atoms with van der Waals surface area (Å²) in [5.74, 6) is 0.463. The lowest BCUT2D eigenvalue weighted by Gasteiger charge is -2.37. The van der Waals surface area contributed by atoms with Crippen molar-refractivity contribution in [3.8, 4) is 0 Å². The minimum atomic E-state index is -4.81. The average molecular weight is 471 g/mol. The van der Waals surface area contributed by atoms with Gasteiger partial charge >= 0.3 is 12.2 Å². The second kappa shape index (κ2) is 9.78. The van der Waals surface area contributed by atoms with Gasteiger partial charge in [0.25, 0.3) is 0 Å². The summed E-state index contributed by atoms with van der Waals surface area (Å²) in [5, 5.41) is 2.61. The number of hydrogen-bond acceptors (Lipinski definition) is 3. The Morgan fingerprint density at radius 3 is 2.42 bits per heavy atom. The quantitative estimate of drug-likeness (QED) is 0.585. The second-order valence-electron chi connectivity index (χ2n) is 10.2. The number of urea groups is 1. The van der Waals surface area contributed by atoms with E-state index >= 15 is 0 Å². The second-order valence-corrected chi connectivity index (χ2v) is 10.2. The predicted molar refractivity (Wildman–Crippen MR) is 119 cm³/mol. The molecule has 0 radical (unpaired) electrons. The summed E-state index contributed by atoms with van der Waals surface area (Å²) in [6.45, 7) is 10.7. The van der Waals surface area contributed by atoms with Gasteiger partial charge in [-0.05, 0) is 55.2 Å². The molecule has 33 heavy (non-hydrogen) atoms. The normalized spacial score (nSPS) is 25.8. The summed E-state index contributed by atoms with van der Waals surface area (Å²) in [7, 11) is 0. The standard InChI is InChI=1S/C24H34F4N4O/c1-16(2)15-31-9-7-30(8-10-31)11-12-32(22-6-3-17-13-19(17)22)23(33)29-18-4-5-21(25)20(14-18)24(26,27)28/h4-5,14,16-17,19,22H,3,6-13,15H2,1-2H3,(H,29,33). The van der Waals surface area contributed by atoms with E-state index in [-0.39, 0.29) is 11.7 Å². The van der Waals surface area contributed by atoms with Crippen molar-refractivity contribution in [1.82, 2.24) is 14.7 Å². The Kier molecular flexibility index (Phi) is 7.19. The van der Waals surface area contributed by atoms with Crippen LogP contribution in [0.25, 0.3) is 0 Å². The fourth-order valence-corrected chi connectivity index (χ4v) is 5.45. The molecule has 0 aromatic heterocycles. The number of alkyl halides is 3. The van der Waals surface area contributed by atoms with E-state index in [1.807, 2.05) is 4.90 Å². The Hall–Kier alpha value is -1.87. The van der Waals surface area contributed by atoms with Crippen LogP contribution in [0.15, 0.2) is 18.2 Å². The van der Waals surface area contributed by atoms with Gasteiger partial charge in [-0.15, -0.1) is 0 Å². The van der Waals surface area contributed by atoms with Gasteiger partial charge in [-0.3, -0.25) is 4.90 Å². The van der Waals surface area contributed by atoms with Crippen LogP contribution in [-0.2, 0) is 6.18 Å². The number of piperazine rings is 1. The van der Waals surface area contributed by atoms with E-state index in [1.54, 1.807) is 0 Å². The zero-order valence-corrected chi connectivity index (χ0v) is 19.4. The number of halogens is 4. The molecule has 0 spiro atoms. The van der Waals surface area contributed by atoms with Gasteiger partial charge in [0.1, 0.15) is 5.82 Å². The van der Waals surface area contributed by atoms with Gasteiger partial charge in [-0.25, -0.2) is 9.18 Å². The van der Waals surface area contributed by atoms with Crippen molar-refractivity contribution in [3.63, 3.8) is 0 Å². The van der Waals surface area contributed by atoms with Gasteiger partial charge < -0.3 is 15.1 Å². The van der Waals surface area contributed by atoms with Crippen molar-refractivity contribution in [1.29, 1.82) is 0 Å². The molecule has 4 rings (SSSR count). The van der Waals surface area contributed by atoms with Crippen molar-refractivity contribution in [2.45, 2.75) is 45.3 Å². The average Bonchev–Trinajstić information content (AvgIpc) is 3.41. The first kappa shape index (κ1) is 24.3. The molecule has 2 saturated carbocycles. The lowest BCUT2D eigenvalue weighted by atomic mass is 10.1. The Morgan fingerprint density at radius 1 is 1.15 bits per heavy atom. The van der Waals surface area contributed by atoms with Crippen molar-refractivity contribution >= 4 is 11.7 Å². The molecule has 9 heteroatoms. The van der Waals surface area contributed by atoms with Crippen LogP contribution in [0.3, 0.4) is 0 Å². The maximum absolute atomic E-state index is 13.6. The van der Waals surface area contributed by atoms with Crippen LogP contribution in [0.2, 0.25) is 0 Å². The van der Waals surface area contributed by atoms with E-state index in [9.17, 15) is 22.4 Å². The van der Waals surface area contributed by atoms with Crippen LogP contribution in [-0.4, -0.2) is 72.6 Å². The van der Waals surface area contributed by atoms with Gasteiger partial charge in [-0.1, -0.05) is 13.8 Å². The van der Waals surface area contributed by atoms with Crippen molar-refractivity contribution in [3.05, 3.63) is 29.6 Å². The highest BCUT2D eigenvalue weighted by atomic mass is 19.4. The SMILES string of the molecule is CC(C)CN1CCN(CCN(C(=O)Nc2ccc(F)c(C(F)(F)F)c2)C2CCC3CC32)CC1. The Balaban J connectivity index is 1.39. The summed E-state index contributed by atoms with van der Waals surface area (Å²) in [6, 6.07) is 2.34. The fraction of sp³-hybridized carbons (Fsp3) is 0.708. The van der Waals surface area contributed by atoms with E-state index in [2.05, 4.69) is 29.0 Å². The van der Waals surface area contributed by atoms with Crippen molar-refractivity contribution < 1.29 is 22.4 Å². The van der Waals surface area contributed by atoms with Crippen LogP contribution in [0, 0.1) is 23.6 Å². The largest absolute Gasteiger partial charge is 0.419 e. The topological polar surface area (TPSA) is 38.8 Å². The van der Waals surface area contributed by atoms with E-state index in [0.29, 0.717) is 30.4 Å². The number of hydrogen-bond donors (Lipinski definition) is 1. The third-order valence-electron chi connectivity index (χ3n) is 7.23. The molecule has 0 bridgehead atoms. The summed E-state index contributed by atoms with van der Waals surface area (Å²) >= 11 is 0. The smallest absolute Gasteiger partial charge is 0.320 e. The Morgan fingerprint density at radius 2 is 1.85 bits per heavy atom. The maximum atomic E-state index is 13.6. The minimum absolute atomic E-state index is 0.0358. The lowest BCUT2D eigenvalue weighted by molar-refractivity contribution is -0.139. The first-order chi connectivity index (χ1) is 15.6. The maximum Gasteiger partial charge on any atom is 0.419 e. The van der Waals surface area contributed by atoms with E-state index in [4.69, 9.17) is 0 Å². The molecule has 1 N–H and O–H groups in total. The van der Waals surface area contributed by atoms with Crippen LogP contribution >= 0.6 is 0 Å². The highest BCUT2D eigenvalue weighted by molar-refractivity contribution is 5.89. The molecule has 2 aliphatic carbocycles. The zero-order valence-electron chi connectivity index (χ0n) is 19.4. The molecule has 1 aromatic carbocycles. The third-order valence-corrected chi connectivity index (χ3v) is 7.23. The highest BCUT2D eigenvalue weighted by Crippen LogP contribution is 2.53. The third kappa shape index (κ3) is 5.98. The Labute approximate surface area is 193 Å². The number of rotatable bonds is 7. The van der Waals surface area contributed by atoms with Gasteiger partial charge in [-0.2, -0.15) is 13.2 Å². The first-order valence-electron chi connectivity index (χ1n) is 12.0. The number of nitrogens with one attached hydrogen (secondary N) is 1. The van der Waals surface area contributed by atoms with Crippen LogP contribution < -0.4 is 5.32 Å². The van der Waals surface area contributed by atoms with Crippen molar-refractivity contribution in [2.24, 2.45) is 17.8 Å². The number of anilines is 1. The highest BCUT2D eigenvalue weighted by Gasteiger charge is 2.51. The van der Waals surface area contributed by atoms with Crippen molar-refractivity contribution in [2.75, 3.05) is 51.1 Å². The molecule has 1 aliphatic heterocycles. The molecule has 5 nitrogen and oxygen atoms in total. The number of carbonyl (C=O) groups is 1. The molecule has 3 atom stereocenters. The zero-order chi connectivity index (χ0) is 23.8. The molecule has 1 aromatic rings. The molecule has 3 aliphatic rings. The molecular formula is C24H34F4N4O. The van der Waals surface area contributed by atoms with Gasteiger partial charge in [0.05, 0.1) is 5.56 Å². The molecule has 184 valence electrons. The number of fused-ring (bicyclic) bond motifs is 1. The Bertz CT molecular complexity index is 838. The molecule has 3 unspecified atom stereocenters. The minimum Gasteiger partial charge on any atom is -0.320 e. The molecule has 1 saturated heterocycles. The number of benzene rings is 1. The van der Waals surface area contributed by atoms with Gasteiger partial charge in [0, 0.05) is 57.5 Å². The molecule has 2 amide bonds. The lowest BCUT2D eigenvalue weighted by Crippen LogP contribution is -2.51. The first-order valence-corrected chi connectivity index (χ1v) is 12.0. The predicted octanol–water partition coefficient (Wildman–Crippen LogP) is 4.75. The van der Waals surface area contributed by atoms with E-state index in [1.165, 1.54) is 6.07 Å². The van der Waals surface area contributed by atoms with Gasteiger partial charge in [0.2, 0.25) is 0 Å². The van der Waals surface area contributed by atoms with Crippen LogP contribution in [0.4, 0.5) is 28.0 Å². The van der Waals surface area contributed by atoms with Crippen LogP contribution in [0.1, 0.15) is 38.7 Å². The molecule has 1 heterocycles. The number of amides is 2.